The molecular weight excluding hydrogens is 275 g/mol. The zero-order chi connectivity index (χ0) is 14.9. The highest BCUT2D eigenvalue weighted by molar-refractivity contribution is 5.69. The van der Waals surface area contributed by atoms with E-state index >= 15 is 0 Å². The van der Waals surface area contributed by atoms with Crippen molar-refractivity contribution < 1.29 is 23.2 Å². The number of nitro groups is 1. The molecule has 0 aliphatic heterocycles. The van der Waals surface area contributed by atoms with Crippen LogP contribution in [0, 0.1) is 10.1 Å². The Morgan fingerprint density at radius 3 is 2.30 bits per heavy atom. The summed E-state index contributed by atoms with van der Waals surface area (Å²) in [5.74, 6) is -0.536. The molecule has 104 valence electrons. The number of nitro benzene ring substituents is 1. The van der Waals surface area contributed by atoms with Crippen molar-refractivity contribution in [2.45, 2.75) is 6.18 Å². The molecule has 2 aromatic rings. The molecule has 0 aromatic heterocycles. The summed E-state index contributed by atoms with van der Waals surface area (Å²) in [6, 6.07) is 7.87. The van der Waals surface area contributed by atoms with Gasteiger partial charge in [0.05, 0.1) is 10.5 Å². The Bertz CT molecular complexity index is 668. The highest BCUT2D eigenvalue weighted by Crippen LogP contribution is 2.35. The van der Waals surface area contributed by atoms with Gasteiger partial charge in [0, 0.05) is 6.07 Å². The summed E-state index contributed by atoms with van der Waals surface area (Å²) in [5, 5.41) is 20.0. The summed E-state index contributed by atoms with van der Waals surface area (Å²) < 4.78 is 37.8. The van der Waals surface area contributed by atoms with E-state index in [4.69, 9.17) is 0 Å². The zero-order valence-corrected chi connectivity index (χ0v) is 9.89. The molecule has 1 N–H and O–H groups in total. The normalized spacial score (nSPS) is 11.3. The number of phenols is 1. The van der Waals surface area contributed by atoms with Gasteiger partial charge < -0.3 is 5.11 Å². The third-order valence-electron chi connectivity index (χ3n) is 2.70. The van der Waals surface area contributed by atoms with Gasteiger partial charge in [0.2, 0.25) is 0 Å². The first-order chi connectivity index (χ1) is 9.29. The van der Waals surface area contributed by atoms with Gasteiger partial charge in [0.25, 0.3) is 0 Å². The fraction of sp³-hybridized carbons (Fsp3) is 0.0769. The summed E-state index contributed by atoms with van der Waals surface area (Å²) in [6.45, 7) is 0. The molecule has 0 fully saturated rings. The SMILES string of the molecule is O=[N+]([O-])c1cc(-c2cccc(C(F)(F)F)c2)ccc1O. The standard InChI is InChI=1S/C13H8F3NO3/c14-13(15,16)10-3-1-2-8(6-10)9-4-5-12(18)11(7-9)17(19)20/h1-7,18H. The lowest BCUT2D eigenvalue weighted by Crippen LogP contribution is -2.04. The molecule has 0 bridgehead atoms. The fourth-order valence-electron chi connectivity index (χ4n) is 1.72. The van der Waals surface area contributed by atoms with Crippen molar-refractivity contribution in [3.63, 3.8) is 0 Å². The molecule has 0 spiro atoms. The Kier molecular flexibility index (Phi) is 3.35. The summed E-state index contributed by atoms with van der Waals surface area (Å²) >= 11 is 0. The van der Waals surface area contributed by atoms with E-state index in [2.05, 4.69) is 0 Å². The van der Waals surface area contributed by atoms with Crippen LogP contribution in [-0.2, 0) is 6.18 Å². The first-order valence-corrected chi connectivity index (χ1v) is 5.44. The molecule has 0 aliphatic carbocycles. The lowest BCUT2D eigenvalue weighted by Gasteiger charge is -2.09. The highest BCUT2D eigenvalue weighted by Gasteiger charge is 2.30. The second-order valence-electron chi connectivity index (χ2n) is 4.04. The predicted molar refractivity (Wildman–Crippen MR) is 65.2 cm³/mol. The van der Waals surface area contributed by atoms with Crippen molar-refractivity contribution in [3.8, 4) is 16.9 Å². The van der Waals surface area contributed by atoms with Crippen LogP contribution in [0.4, 0.5) is 18.9 Å². The minimum Gasteiger partial charge on any atom is -0.502 e. The Morgan fingerprint density at radius 2 is 1.70 bits per heavy atom. The van der Waals surface area contributed by atoms with E-state index in [1.54, 1.807) is 0 Å². The van der Waals surface area contributed by atoms with E-state index in [9.17, 15) is 28.4 Å². The molecule has 20 heavy (non-hydrogen) atoms. The first kappa shape index (κ1) is 13.9. The molecule has 2 rings (SSSR count). The Labute approximate surface area is 111 Å². The van der Waals surface area contributed by atoms with Gasteiger partial charge in [-0.25, -0.2) is 0 Å². The van der Waals surface area contributed by atoms with Gasteiger partial charge in [-0.05, 0) is 29.3 Å². The van der Waals surface area contributed by atoms with Crippen LogP contribution in [0.2, 0.25) is 0 Å². The summed E-state index contributed by atoms with van der Waals surface area (Å²) in [5.41, 5.74) is -0.992. The van der Waals surface area contributed by atoms with Crippen molar-refractivity contribution in [2.75, 3.05) is 0 Å². The molecule has 0 atom stereocenters. The maximum absolute atomic E-state index is 12.6. The summed E-state index contributed by atoms with van der Waals surface area (Å²) in [6.07, 6.45) is -4.49. The molecule has 4 nitrogen and oxygen atoms in total. The highest BCUT2D eigenvalue weighted by atomic mass is 19.4. The Hall–Kier alpha value is -2.57. The van der Waals surface area contributed by atoms with Gasteiger partial charge in [-0.2, -0.15) is 13.2 Å². The van der Waals surface area contributed by atoms with Gasteiger partial charge in [-0.1, -0.05) is 18.2 Å². The smallest absolute Gasteiger partial charge is 0.416 e. The molecule has 0 aliphatic rings. The maximum atomic E-state index is 12.6. The number of benzene rings is 2. The van der Waals surface area contributed by atoms with Crippen LogP contribution in [0.15, 0.2) is 42.5 Å². The third kappa shape index (κ3) is 2.71. The predicted octanol–water partition coefficient (Wildman–Crippen LogP) is 3.99. The van der Waals surface area contributed by atoms with E-state index in [1.807, 2.05) is 0 Å². The second-order valence-corrected chi connectivity index (χ2v) is 4.04. The van der Waals surface area contributed by atoms with Crippen LogP contribution in [0.25, 0.3) is 11.1 Å². The number of halogens is 3. The molecule has 0 saturated heterocycles. The average Bonchev–Trinajstić information content (AvgIpc) is 2.38. The van der Waals surface area contributed by atoms with Crippen LogP contribution in [0.1, 0.15) is 5.56 Å². The van der Waals surface area contributed by atoms with Gasteiger partial charge in [0.1, 0.15) is 0 Å². The molecular formula is C13H8F3NO3. The Morgan fingerprint density at radius 1 is 1.05 bits per heavy atom. The molecule has 7 heteroatoms. The van der Waals surface area contributed by atoms with E-state index in [0.29, 0.717) is 0 Å². The monoisotopic (exact) mass is 283 g/mol. The number of alkyl halides is 3. The van der Waals surface area contributed by atoms with Crippen LogP contribution in [0.3, 0.4) is 0 Å². The van der Waals surface area contributed by atoms with E-state index in [0.717, 1.165) is 24.3 Å². The van der Waals surface area contributed by atoms with Gasteiger partial charge in [-0.15, -0.1) is 0 Å². The Balaban J connectivity index is 2.52. The van der Waals surface area contributed by atoms with Gasteiger partial charge in [-0.3, -0.25) is 10.1 Å². The topological polar surface area (TPSA) is 63.4 Å². The zero-order valence-electron chi connectivity index (χ0n) is 9.89. The van der Waals surface area contributed by atoms with Crippen molar-refractivity contribution in [2.24, 2.45) is 0 Å². The third-order valence-corrected chi connectivity index (χ3v) is 2.70. The van der Waals surface area contributed by atoms with Crippen molar-refractivity contribution in [1.29, 1.82) is 0 Å². The number of rotatable bonds is 2. The number of nitrogens with zero attached hydrogens (tertiary/aromatic N) is 1. The van der Waals surface area contributed by atoms with E-state index in [-0.39, 0.29) is 11.1 Å². The van der Waals surface area contributed by atoms with Gasteiger partial charge in [0.15, 0.2) is 5.75 Å². The average molecular weight is 283 g/mol. The van der Waals surface area contributed by atoms with Crippen molar-refractivity contribution in [3.05, 3.63) is 58.1 Å². The minimum absolute atomic E-state index is 0.183. The first-order valence-electron chi connectivity index (χ1n) is 5.44. The second kappa shape index (κ2) is 4.84. The molecule has 2 aromatic carbocycles. The van der Waals surface area contributed by atoms with Gasteiger partial charge >= 0.3 is 11.9 Å². The van der Waals surface area contributed by atoms with Crippen molar-refractivity contribution >= 4 is 5.69 Å². The largest absolute Gasteiger partial charge is 0.502 e. The number of phenolic OH excluding ortho intramolecular Hbond substituents is 1. The fourth-order valence-corrected chi connectivity index (χ4v) is 1.72. The molecule has 0 saturated carbocycles. The number of hydrogen-bond donors (Lipinski definition) is 1. The minimum atomic E-state index is -4.49. The lowest BCUT2D eigenvalue weighted by atomic mass is 10.0. The molecule has 0 heterocycles. The molecule has 0 amide bonds. The summed E-state index contributed by atoms with van der Waals surface area (Å²) in [7, 11) is 0. The summed E-state index contributed by atoms with van der Waals surface area (Å²) in [4.78, 5) is 9.90. The van der Waals surface area contributed by atoms with E-state index in [1.165, 1.54) is 18.2 Å². The van der Waals surface area contributed by atoms with Crippen molar-refractivity contribution in [1.82, 2.24) is 0 Å². The van der Waals surface area contributed by atoms with E-state index < -0.39 is 28.1 Å². The quantitative estimate of drug-likeness (QED) is 0.669. The maximum Gasteiger partial charge on any atom is 0.416 e. The molecule has 0 radical (unpaired) electrons. The van der Waals surface area contributed by atoms with Crippen LogP contribution >= 0.6 is 0 Å². The van der Waals surface area contributed by atoms with Crippen LogP contribution in [0.5, 0.6) is 5.75 Å². The number of aromatic hydroxyl groups is 1. The van der Waals surface area contributed by atoms with Crippen LogP contribution in [-0.4, -0.2) is 10.0 Å². The lowest BCUT2D eigenvalue weighted by molar-refractivity contribution is -0.385. The van der Waals surface area contributed by atoms with Crippen LogP contribution < -0.4 is 0 Å². The number of hydrogen-bond acceptors (Lipinski definition) is 3. The molecule has 0 unspecified atom stereocenters.